The fraction of sp³-hybridized carbons (Fsp3) is 0.320. The van der Waals surface area contributed by atoms with Crippen LogP contribution in [0.3, 0.4) is 0 Å². The highest BCUT2D eigenvalue weighted by atomic mass is 79.9. The van der Waals surface area contributed by atoms with Crippen LogP contribution >= 0.6 is 15.9 Å². The number of hydrogen-bond donors (Lipinski definition) is 0. The number of halogens is 1. The lowest BCUT2D eigenvalue weighted by molar-refractivity contribution is 0.299. The summed E-state index contributed by atoms with van der Waals surface area (Å²) < 4.78 is 1.03. The number of aromatic nitrogens is 1. The van der Waals surface area contributed by atoms with Crippen LogP contribution in [0.15, 0.2) is 65.3 Å². The van der Waals surface area contributed by atoms with Gasteiger partial charge in [0.2, 0.25) is 0 Å². The molecule has 2 aromatic carbocycles. The van der Waals surface area contributed by atoms with Crippen molar-refractivity contribution >= 4 is 15.9 Å². The number of rotatable bonds is 1. The maximum atomic E-state index is 4.66. The molecular weight excluding hydrogens is 394 g/mol. The molecule has 0 atom stereocenters. The first-order chi connectivity index (χ1) is 13.2. The lowest BCUT2D eigenvalue weighted by atomic mass is 9.55. The van der Waals surface area contributed by atoms with Gasteiger partial charge in [0, 0.05) is 27.1 Å². The van der Waals surface area contributed by atoms with Crippen molar-refractivity contribution in [3.63, 3.8) is 0 Å². The minimum atomic E-state index is 0.335. The number of benzene rings is 2. The molecule has 0 bridgehead atoms. The van der Waals surface area contributed by atoms with E-state index in [1.165, 1.54) is 55.2 Å². The highest BCUT2D eigenvalue weighted by molar-refractivity contribution is 9.10. The van der Waals surface area contributed by atoms with Crippen molar-refractivity contribution in [2.75, 3.05) is 0 Å². The lowest BCUT2D eigenvalue weighted by Gasteiger charge is -2.48. The summed E-state index contributed by atoms with van der Waals surface area (Å²) in [6, 6.07) is 20.5. The van der Waals surface area contributed by atoms with Crippen molar-refractivity contribution in [2.45, 2.75) is 49.4 Å². The molecule has 0 spiro atoms. The van der Waals surface area contributed by atoms with Crippen molar-refractivity contribution in [3.05, 3.63) is 76.4 Å². The number of fused-ring (bicyclic) bond motifs is 3. The Morgan fingerprint density at radius 2 is 1.44 bits per heavy atom. The molecule has 0 saturated heterocycles. The van der Waals surface area contributed by atoms with Crippen molar-refractivity contribution in [1.82, 2.24) is 4.98 Å². The van der Waals surface area contributed by atoms with Gasteiger partial charge in [-0.05, 0) is 82.1 Å². The van der Waals surface area contributed by atoms with Crippen molar-refractivity contribution in [3.8, 4) is 22.4 Å². The van der Waals surface area contributed by atoms with Gasteiger partial charge in [-0.25, -0.2) is 0 Å². The molecule has 2 saturated carbocycles. The Balaban J connectivity index is 1.64. The second kappa shape index (κ2) is 5.54. The van der Waals surface area contributed by atoms with E-state index < -0.39 is 0 Å². The van der Waals surface area contributed by atoms with E-state index in [-0.39, 0.29) is 0 Å². The van der Waals surface area contributed by atoms with E-state index in [0.717, 1.165) is 10.2 Å². The van der Waals surface area contributed by atoms with E-state index in [4.69, 9.17) is 0 Å². The predicted molar refractivity (Wildman–Crippen MR) is 114 cm³/mol. The third kappa shape index (κ3) is 1.97. The first kappa shape index (κ1) is 16.1. The van der Waals surface area contributed by atoms with Gasteiger partial charge in [0.1, 0.15) is 0 Å². The monoisotopic (exact) mass is 415 g/mol. The quantitative estimate of drug-likeness (QED) is 0.415. The predicted octanol–water partition coefficient (Wildman–Crippen LogP) is 7.04. The second-order valence-corrected chi connectivity index (χ2v) is 9.45. The molecule has 0 radical (unpaired) electrons. The van der Waals surface area contributed by atoms with Crippen LogP contribution in [0.5, 0.6) is 0 Å². The Kier molecular flexibility index (Phi) is 3.30. The Morgan fingerprint density at radius 3 is 2.19 bits per heavy atom. The third-order valence-corrected chi connectivity index (χ3v) is 8.09. The molecule has 2 fully saturated rings. The van der Waals surface area contributed by atoms with Gasteiger partial charge in [-0.3, -0.25) is 4.98 Å². The van der Waals surface area contributed by atoms with Crippen LogP contribution in [0, 0.1) is 0 Å². The fourth-order valence-corrected chi connectivity index (χ4v) is 6.90. The zero-order valence-electron chi connectivity index (χ0n) is 15.3. The van der Waals surface area contributed by atoms with Crippen LogP contribution in [0.25, 0.3) is 22.4 Å². The standard InChI is InChI=1S/C25H22BrN/c26-18-8-10-23(27-16-18)17-7-9-20-19-5-1-2-6-21(19)24-11-3-13-25(24,14-4-12-24)22(20)15-17/h1-2,5-10,15-16H,3-4,11-14H2. The average Bonchev–Trinajstić information content (AvgIpc) is 3.26. The summed E-state index contributed by atoms with van der Waals surface area (Å²) in [7, 11) is 0. The molecule has 27 heavy (non-hydrogen) atoms. The molecule has 2 heteroatoms. The van der Waals surface area contributed by atoms with Crippen molar-refractivity contribution in [1.29, 1.82) is 0 Å². The van der Waals surface area contributed by atoms with Crippen molar-refractivity contribution < 1.29 is 0 Å². The van der Waals surface area contributed by atoms with E-state index in [1.807, 2.05) is 6.20 Å². The zero-order valence-corrected chi connectivity index (χ0v) is 16.9. The molecule has 0 N–H and O–H groups in total. The molecule has 0 aliphatic heterocycles. The van der Waals surface area contributed by atoms with E-state index in [2.05, 4.69) is 75.5 Å². The molecule has 3 aliphatic carbocycles. The summed E-state index contributed by atoms with van der Waals surface area (Å²) in [5.41, 5.74) is 9.18. The molecular formula is C25H22BrN. The lowest BCUT2D eigenvalue weighted by Crippen LogP contribution is -2.43. The van der Waals surface area contributed by atoms with Crippen LogP contribution in [-0.4, -0.2) is 4.98 Å². The molecule has 134 valence electrons. The Hall–Kier alpha value is -1.93. The van der Waals surface area contributed by atoms with Gasteiger partial charge in [-0.2, -0.15) is 0 Å². The molecule has 3 aliphatic rings. The van der Waals surface area contributed by atoms with Gasteiger partial charge in [-0.15, -0.1) is 0 Å². The summed E-state index contributed by atoms with van der Waals surface area (Å²) in [5.74, 6) is 0. The molecule has 3 aromatic rings. The van der Waals surface area contributed by atoms with Gasteiger partial charge in [0.15, 0.2) is 0 Å². The van der Waals surface area contributed by atoms with Crippen LogP contribution < -0.4 is 0 Å². The van der Waals surface area contributed by atoms with E-state index in [9.17, 15) is 0 Å². The number of pyridine rings is 1. The minimum Gasteiger partial charge on any atom is -0.255 e. The van der Waals surface area contributed by atoms with Crippen LogP contribution in [-0.2, 0) is 10.8 Å². The number of hydrogen-bond acceptors (Lipinski definition) is 1. The van der Waals surface area contributed by atoms with Gasteiger partial charge in [0.05, 0.1) is 5.69 Å². The van der Waals surface area contributed by atoms with Crippen molar-refractivity contribution in [2.24, 2.45) is 0 Å². The highest BCUT2D eigenvalue weighted by Gasteiger charge is 2.62. The summed E-state index contributed by atoms with van der Waals surface area (Å²) in [5, 5.41) is 0. The average molecular weight is 416 g/mol. The Morgan fingerprint density at radius 1 is 0.741 bits per heavy atom. The largest absolute Gasteiger partial charge is 0.255 e. The highest BCUT2D eigenvalue weighted by Crippen LogP contribution is 2.69. The molecule has 0 unspecified atom stereocenters. The molecule has 0 amide bonds. The summed E-state index contributed by atoms with van der Waals surface area (Å²) in [4.78, 5) is 4.66. The van der Waals surface area contributed by atoms with E-state index in [0.29, 0.717) is 10.8 Å². The smallest absolute Gasteiger partial charge is 0.0702 e. The van der Waals surface area contributed by atoms with Crippen LogP contribution in [0.2, 0.25) is 0 Å². The molecule has 1 aromatic heterocycles. The molecule has 1 heterocycles. The molecule has 6 rings (SSSR count). The third-order valence-electron chi connectivity index (χ3n) is 7.62. The normalized spacial score (nSPS) is 27.6. The van der Waals surface area contributed by atoms with Gasteiger partial charge >= 0.3 is 0 Å². The first-order valence-corrected chi connectivity index (χ1v) is 10.9. The fourth-order valence-electron chi connectivity index (χ4n) is 6.66. The summed E-state index contributed by atoms with van der Waals surface area (Å²) in [6.45, 7) is 0. The Labute approximate surface area is 169 Å². The minimum absolute atomic E-state index is 0.335. The van der Waals surface area contributed by atoms with Gasteiger partial charge < -0.3 is 0 Å². The van der Waals surface area contributed by atoms with E-state index in [1.54, 1.807) is 11.1 Å². The van der Waals surface area contributed by atoms with Crippen LogP contribution in [0.1, 0.15) is 49.7 Å². The first-order valence-electron chi connectivity index (χ1n) is 10.1. The topological polar surface area (TPSA) is 12.9 Å². The van der Waals surface area contributed by atoms with Gasteiger partial charge in [-0.1, -0.05) is 49.2 Å². The molecule has 1 nitrogen and oxygen atoms in total. The maximum absolute atomic E-state index is 4.66. The Bertz CT molecular complexity index is 1040. The summed E-state index contributed by atoms with van der Waals surface area (Å²) >= 11 is 3.51. The van der Waals surface area contributed by atoms with E-state index >= 15 is 0 Å². The SMILES string of the molecule is Brc1ccc(-c2ccc3c(c2)C24CCCC2(CCC4)c2ccccc2-3)nc1. The maximum Gasteiger partial charge on any atom is 0.0702 e. The number of nitrogens with zero attached hydrogens (tertiary/aromatic N) is 1. The van der Waals surface area contributed by atoms with Gasteiger partial charge in [0.25, 0.3) is 0 Å². The zero-order chi connectivity index (χ0) is 18.1. The van der Waals surface area contributed by atoms with Crippen LogP contribution in [0.4, 0.5) is 0 Å². The second-order valence-electron chi connectivity index (χ2n) is 8.54. The summed E-state index contributed by atoms with van der Waals surface area (Å²) in [6.07, 6.45) is 9.99.